The number of benzene rings is 3. The summed E-state index contributed by atoms with van der Waals surface area (Å²) in [6, 6.07) is 23.5. The van der Waals surface area contributed by atoms with E-state index in [1.165, 1.54) is 21.9 Å². The van der Waals surface area contributed by atoms with Gasteiger partial charge in [-0.05, 0) is 65.5 Å². The quantitative estimate of drug-likeness (QED) is 0.465. The Morgan fingerprint density at radius 3 is 2.48 bits per heavy atom. The van der Waals surface area contributed by atoms with Crippen molar-refractivity contribution in [2.75, 3.05) is 11.9 Å². The number of fused-ring (bicyclic) bond motifs is 1. The molecule has 128 valence electrons. The van der Waals surface area contributed by atoms with Gasteiger partial charge in [0.2, 0.25) is 0 Å². The van der Waals surface area contributed by atoms with Crippen LogP contribution in [-0.2, 0) is 12.8 Å². The lowest BCUT2D eigenvalue weighted by atomic mass is 10.0. The van der Waals surface area contributed by atoms with Gasteiger partial charge in [-0.25, -0.2) is 0 Å². The molecular weight excluding hydrogens is 324 g/mol. The molecule has 0 unspecified atom stereocenters. The maximum absolute atomic E-state index is 5.38. The van der Waals surface area contributed by atoms with E-state index in [0.717, 1.165) is 31.5 Å². The van der Waals surface area contributed by atoms with E-state index in [4.69, 9.17) is 12.2 Å². The molecule has 0 aliphatic rings. The molecule has 0 heterocycles. The second kappa shape index (κ2) is 8.63. The van der Waals surface area contributed by atoms with Crippen molar-refractivity contribution < 1.29 is 0 Å². The smallest absolute Gasteiger partial charge is 0.170 e. The fourth-order valence-corrected chi connectivity index (χ4v) is 3.21. The average Bonchev–Trinajstić information content (AvgIpc) is 2.66. The third-order valence-electron chi connectivity index (χ3n) is 4.41. The van der Waals surface area contributed by atoms with Crippen molar-refractivity contribution in [2.45, 2.75) is 26.2 Å². The maximum Gasteiger partial charge on any atom is 0.170 e. The molecule has 25 heavy (non-hydrogen) atoms. The van der Waals surface area contributed by atoms with Gasteiger partial charge in [0.25, 0.3) is 0 Å². The zero-order valence-corrected chi connectivity index (χ0v) is 15.4. The Morgan fingerprint density at radius 2 is 1.68 bits per heavy atom. The van der Waals surface area contributed by atoms with E-state index in [9.17, 15) is 0 Å². The highest BCUT2D eigenvalue weighted by molar-refractivity contribution is 7.80. The third-order valence-corrected chi connectivity index (χ3v) is 4.65. The number of nitrogens with one attached hydrogen (secondary N) is 2. The minimum absolute atomic E-state index is 0.683. The molecule has 2 nitrogen and oxygen atoms in total. The van der Waals surface area contributed by atoms with Crippen LogP contribution in [0.1, 0.15) is 24.5 Å². The summed E-state index contributed by atoms with van der Waals surface area (Å²) >= 11 is 5.38. The zero-order chi connectivity index (χ0) is 17.5. The second-order valence-corrected chi connectivity index (χ2v) is 6.58. The molecule has 0 amide bonds. The van der Waals surface area contributed by atoms with E-state index >= 15 is 0 Å². The molecule has 3 aromatic carbocycles. The van der Waals surface area contributed by atoms with E-state index in [0.29, 0.717) is 5.11 Å². The lowest BCUT2D eigenvalue weighted by Crippen LogP contribution is -2.29. The summed E-state index contributed by atoms with van der Waals surface area (Å²) < 4.78 is 0. The Balaban J connectivity index is 1.46. The van der Waals surface area contributed by atoms with Crippen LogP contribution >= 0.6 is 12.2 Å². The second-order valence-electron chi connectivity index (χ2n) is 6.17. The van der Waals surface area contributed by atoms with Crippen molar-refractivity contribution >= 4 is 33.8 Å². The highest BCUT2D eigenvalue weighted by Crippen LogP contribution is 2.19. The molecule has 0 atom stereocenters. The fourth-order valence-electron chi connectivity index (χ4n) is 2.99. The van der Waals surface area contributed by atoms with Crippen molar-refractivity contribution in [3.05, 3.63) is 77.9 Å². The number of hydrogen-bond acceptors (Lipinski definition) is 1. The Labute approximate surface area is 155 Å². The monoisotopic (exact) mass is 348 g/mol. The zero-order valence-electron chi connectivity index (χ0n) is 14.6. The summed E-state index contributed by atoms with van der Waals surface area (Å²) in [5.74, 6) is 0. The Hall–Kier alpha value is -2.39. The first-order chi connectivity index (χ1) is 12.3. The molecule has 0 saturated heterocycles. The van der Waals surface area contributed by atoms with Crippen LogP contribution in [0.3, 0.4) is 0 Å². The van der Waals surface area contributed by atoms with Crippen molar-refractivity contribution in [3.63, 3.8) is 0 Å². The van der Waals surface area contributed by atoms with Crippen molar-refractivity contribution in [1.82, 2.24) is 5.32 Å². The summed E-state index contributed by atoms with van der Waals surface area (Å²) in [6.07, 6.45) is 3.14. The largest absolute Gasteiger partial charge is 0.362 e. The molecule has 0 aliphatic carbocycles. The lowest BCUT2D eigenvalue weighted by molar-refractivity contribution is 0.780. The number of anilines is 1. The number of aryl methyl sites for hydroxylation is 2. The predicted octanol–water partition coefficient (Wildman–Crippen LogP) is 5.32. The molecular formula is C22H24N2S. The molecule has 0 radical (unpaired) electrons. The van der Waals surface area contributed by atoms with Gasteiger partial charge < -0.3 is 10.6 Å². The third kappa shape index (κ3) is 4.80. The van der Waals surface area contributed by atoms with Gasteiger partial charge in [-0.2, -0.15) is 0 Å². The number of thiocarbonyl (C=S) groups is 1. The molecule has 0 aromatic heterocycles. The standard InChI is InChI=1S/C22H24N2S/c1-2-17-12-14-20(15-13-17)24-22(25)23-16-6-10-19-9-5-8-18-7-3-4-11-21(18)19/h3-5,7-9,11-15H,2,6,10,16H2,1H3,(H2,23,24,25). The maximum atomic E-state index is 5.38. The first-order valence-electron chi connectivity index (χ1n) is 8.86. The Bertz CT molecular complexity index is 835. The molecule has 0 fully saturated rings. The highest BCUT2D eigenvalue weighted by Gasteiger charge is 2.01. The molecule has 2 N–H and O–H groups in total. The van der Waals surface area contributed by atoms with Gasteiger partial charge in [-0.3, -0.25) is 0 Å². The lowest BCUT2D eigenvalue weighted by Gasteiger charge is -2.11. The SMILES string of the molecule is CCc1ccc(NC(=S)NCCCc2cccc3ccccc23)cc1. The van der Waals surface area contributed by atoms with Crippen LogP contribution < -0.4 is 10.6 Å². The average molecular weight is 349 g/mol. The fraction of sp³-hybridized carbons (Fsp3) is 0.227. The minimum Gasteiger partial charge on any atom is -0.362 e. The Morgan fingerprint density at radius 1 is 0.920 bits per heavy atom. The van der Waals surface area contributed by atoms with Crippen LogP contribution in [0.5, 0.6) is 0 Å². The highest BCUT2D eigenvalue weighted by atomic mass is 32.1. The summed E-state index contributed by atoms with van der Waals surface area (Å²) in [7, 11) is 0. The molecule has 3 aromatic rings. The van der Waals surface area contributed by atoms with Crippen LogP contribution in [-0.4, -0.2) is 11.7 Å². The molecule has 0 aliphatic heterocycles. The summed E-state index contributed by atoms with van der Waals surface area (Å²) in [6.45, 7) is 3.02. The molecule has 3 rings (SSSR count). The normalized spacial score (nSPS) is 10.6. The van der Waals surface area contributed by atoms with E-state index < -0.39 is 0 Å². The van der Waals surface area contributed by atoms with E-state index in [1.54, 1.807) is 0 Å². The van der Waals surface area contributed by atoms with Gasteiger partial charge in [0, 0.05) is 12.2 Å². The van der Waals surface area contributed by atoms with Crippen LogP contribution in [0.15, 0.2) is 66.7 Å². The minimum atomic E-state index is 0.683. The summed E-state index contributed by atoms with van der Waals surface area (Å²) in [5, 5.41) is 9.88. The first kappa shape index (κ1) is 17.4. The van der Waals surface area contributed by atoms with Gasteiger partial charge in [-0.15, -0.1) is 0 Å². The topological polar surface area (TPSA) is 24.1 Å². The van der Waals surface area contributed by atoms with Crippen LogP contribution in [0.2, 0.25) is 0 Å². The van der Waals surface area contributed by atoms with Crippen molar-refractivity contribution in [3.8, 4) is 0 Å². The first-order valence-corrected chi connectivity index (χ1v) is 9.27. The van der Waals surface area contributed by atoms with E-state index in [-0.39, 0.29) is 0 Å². The van der Waals surface area contributed by atoms with E-state index in [1.807, 2.05) is 0 Å². The van der Waals surface area contributed by atoms with Crippen LogP contribution in [0.4, 0.5) is 5.69 Å². The molecule has 0 bridgehead atoms. The van der Waals surface area contributed by atoms with Gasteiger partial charge in [0.05, 0.1) is 0 Å². The van der Waals surface area contributed by atoms with E-state index in [2.05, 4.69) is 84.3 Å². The molecule has 0 saturated carbocycles. The number of hydrogen-bond donors (Lipinski definition) is 2. The van der Waals surface area contributed by atoms with Crippen molar-refractivity contribution in [2.24, 2.45) is 0 Å². The Kier molecular flexibility index (Phi) is 6.02. The molecule has 0 spiro atoms. The van der Waals surface area contributed by atoms with Gasteiger partial charge in [-0.1, -0.05) is 61.5 Å². The summed E-state index contributed by atoms with van der Waals surface area (Å²) in [5.41, 5.74) is 3.76. The summed E-state index contributed by atoms with van der Waals surface area (Å²) in [4.78, 5) is 0. The van der Waals surface area contributed by atoms with Crippen LogP contribution in [0.25, 0.3) is 10.8 Å². The number of rotatable bonds is 6. The predicted molar refractivity (Wildman–Crippen MR) is 112 cm³/mol. The van der Waals surface area contributed by atoms with Crippen LogP contribution in [0, 0.1) is 0 Å². The van der Waals surface area contributed by atoms with Crippen molar-refractivity contribution in [1.29, 1.82) is 0 Å². The van der Waals surface area contributed by atoms with Gasteiger partial charge >= 0.3 is 0 Å². The molecule has 3 heteroatoms. The van der Waals surface area contributed by atoms with Gasteiger partial charge in [0.15, 0.2) is 5.11 Å². The van der Waals surface area contributed by atoms with Gasteiger partial charge in [0.1, 0.15) is 0 Å².